The van der Waals surface area contributed by atoms with Crippen molar-refractivity contribution in [3.05, 3.63) is 31.9 Å². The van der Waals surface area contributed by atoms with E-state index in [1.54, 1.807) is 0 Å². The summed E-state index contributed by atoms with van der Waals surface area (Å²) in [7, 11) is 0. The molecule has 0 heterocycles. The fourth-order valence-corrected chi connectivity index (χ4v) is 2.90. The van der Waals surface area contributed by atoms with Crippen molar-refractivity contribution in [2.24, 2.45) is 0 Å². The summed E-state index contributed by atoms with van der Waals surface area (Å²) in [6.45, 7) is 0. The van der Waals surface area contributed by atoms with Crippen molar-refractivity contribution < 1.29 is 18.0 Å². The largest absolute Gasteiger partial charge is 0.418 e. The van der Waals surface area contributed by atoms with Gasteiger partial charge in [0.2, 0.25) is 0 Å². The number of halogens is 6. The van der Waals surface area contributed by atoms with E-state index in [1.807, 2.05) is 0 Å². The molecular formula is C9H4BrClF3IO. The first-order valence-corrected chi connectivity index (χ1v) is 6.51. The third-order valence-electron chi connectivity index (χ3n) is 1.80. The minimum absolute atomic E-state index is 0.0224. The second kappa shape index (κ2) is 5.22. The maximum Gasteiger partial charge on any atom is 0.418 e. The summed E-state index contributed by atoms with van der Waals surface area (Å²) < 4.78 is 37.8. The number of alkyl halides is 4. The van der Waals surface area contributed by atoms with Crippen molar-refractivity contribution in [2.45, 2.75) is 6.18 Å². The van der Waals surface area contributed by atoms with Crippen LogP contribution < -0.4 is 0 Å². The number of hydrogen-bond donors (Lipinski definition) is 0. The van der Waals surface area contributed by atoms with E-state index < -0.39 is 22.5 Å². The van der Waals surface area contributed by atoms with Crippen LogP contribution in [0.4, 0.5) is 13.2 Å². The lowest BCUT2D eigenvalue weighted by molar-refractivity contribution is -0.138. The lowest BCUT2D eigenvalue weighted by Gasteiger charge is -2.13. The molecule has 16 heavy (non-hydrogen) atoms. The van der Waals surface area contributed by atoms with Gasteiger partial charge in [-0.25, -0.2) is 0 Å². The van der Waals surface area contributed by atoms with E-state index in [-0.39, 0.29) is 14.5 Å². The Labute approximate surface area is 117 Å². The Kier molecular flexibility index (Phi) is 4.65. The molecule has 0 N–H and O–H groups in total. The number of benzene rings is 1. The minimum atomic E-state index is -4.56. The number of Topliss-reactive ketones (excluding diaryl/α,β-unsaturated/α-hetero) is 1. The molecule has 0 saturated carbocycles. The molecule has 0 bridgehead atoms. The van der Waals surface area contributed by atoms with Gasteiger partial charge in [0.15, 0.2) is 5.78 Å². The van der Waals surface area contributed by atoms with Gasteiger partial charge >= 0.3 is 6.18 Å². The van der Waals surface area contributed by atoms with Gasteiger partial charge in [0.1, 0.15) is 0 Å². The van der Waals surface area contributed by atoms with Crippen LogP contribution in [0.15, 0.2) is 12.1 Å². The molecule has 88 valence electrons. The zero-order valence-corrected chi connectivity index (χ0v) is 12.0. The average Bonchev–Trinajstić information content (AvgIpc) is 2.14. The summed E-state index contributed by atoms with van der Waals surface area (Å²) in [6, 6.07) is 2.38. The molecule has 1 rings (SSSR count). The Bertz CT molecular complexity index is 433. The van der Waals surface area contributed by atoms with E-state index >= 15 is 0 Å². The monoisotopic (exact) mass is 426 g/mol. The summed E-state index contributed by atoms with van der Waals surface area (Å²) in [6.07, 6.45) is -4.56. The van der Waals surface area contributed by atoms with E-state index in [9.17, 15) is 18.0 Å². The maximum atomic E-state index is 12.6. The quantitative estimate of drug-likeness (QED) is 0.385. The van der Waals surface area contributed by atoms with Gasteiger partial charge in [0.05, 0.1) is 15.9 Å². The van der Waals surface area contributed by atoms with Gasteiger partial charge in [-0.15, -0.1) is 0 Å². The van der Waals surface area contributed by atoms with E-state index in [0.717, 1.165) is 6.07 Å². The second-order valence-corrected chi connectivity index (χ2v) is 4.89. The van der Waals surface area contributed by atoms with Crippen molar-refractivity contribution in [2.75, 3.05) is 5.33 Å². The molecule has 0 spiro atoms. The number of rotatable bonds is 2. The Morgan fingerprint density at radius 2 is 2.00 bits per heavy atom. The van der Waals surface area contributed by atoms with Gasteiger partial charge in [0.25, 0.3) is 0 Å². The van der Waals surface area contributed by atoms with Crippen LogP contribution in [-0.4, -0.2) is 11.1 Å². The molecule has 7 heteroatoms. The highest BCUT2D eigenvalue weighted by Crippen LogP contribution is 2.39. The van der Waals surface area contributed by atoms with Crippen molar-refractivity contribution in [3.63, 3.8) is 0 Å². The fourth-order valence-electron chi connectivity index (χ4n) is 1.10. The molecule has 0 saturated heterocycles. The van der Waals surface area contributed by atoms with Gasteiger partial charge in [-0.2, -0.15) is 13.2 Å². The number of hydrogen-bond acceptors (Lipinski definition) is 1. The molecule has 0 fully saturated rings. The van der Waals surface area contributed by atoms with E-state index in [4.69, 9.17) is 11.6 Å². The Morgan fingerprint density at radius 3 is 2.44 bits per heavy atom. The molecule has 0 aliphatic heterocycles. The summed E-state index contributed by atoms with van der Waals surface area (Å²) in [5, 5.41) is -0.426. The zero-order valence-electron chi connectivity index (χ0n) is 7.54. The number of carbonyl (C=O) groups is 1. The summed E-state index contributed by atoms with van der Waals surface area (Å²) >= 11 is 9.88. The SMILES string of the molecule is O=C(CBr)c1ccc(Cl)c(C(F)(F)F)c1I. The van der Waals surface area contributed by atoms with Crippen LogP contribution in [0.25, 0.3) is 0 Å². The van der Waals surface area contributed by atoms with Crippen LogP contribution in [0.5, 0.6) is 0 Å². The molecule has 0 aliphatic rings. The van der Waals surface area contributed by atoms with Crippen LogP contribution in [0.2, 0.25) is 5.02 Å². The van der Waals surface area contributed by atoms with E-state index in [2.05, 4.69) is 15.9 Å². The van der Waals surface area contributed by atoms with Gasteiger partial charge in [-0.05, 0) is 34.7 Å². The molecule has 0 amide bonds. The molecule has 0 aliphatic carbocycles. The van der Waals surface area contributed by atoms with Gasteiger partial charge in [0, 0.05) is 9.13 Å². The highest BCUT2D eigenvalue weighted by Gasteiger charge is 2.37. The highest BCUT2D eigenvalue weighted by atomic mass is 127. The van der Waals surface area contributed by atoms with Gasteiger partial charge in [-0.3, -0.25) is 4.79 Å². The van der Waals surface area contributed by atoms with E-state index in [0.29, 0.717) is 0 Å². The lowest BCUT2D eigenvalue weighted by Crippen LogP contribution is -2.13. The molecule has 0 radical (unpaired) electrons. The third-order valence-corrected chi connectivity index (χ3v) is 3.74. The summed E-state index contributed by atoms with van der Waals surface area (Å²) in [5.74, 6) is -0.411. The number of carbonyl (C=O) groups excluding carboxylic acids is 1. The van der Waals surface area contributed by atoms with Gasteiger partial charge in [-0.1, -0.05) is 27.5 Å². The van der Waals surface area contributed by atoms with Crippen LogP contribution in [0.3, 0.4) is 0 Å². The van der Waals surface area contributed by atoms with Crippen LogP contribution in [0, 0.1) is 3.57 Å². The first kappa shape index (κ1) is 14.2. The summed E-state index contributed by atoms with van der Waals surface area (Å²) in [4.78, 5) is 11.4. The molecular weight excluding hydrogens is 423 g/mol. The van der Waals surface area contributed by atoms with E-state index in [1.165, 1.54) is 28.7 Å². The Hall–Kier alpha value is 0.180. The molecule has 1 aromatic carbocycles. The first-order valence-electron chi connectivity index (χ1n) is 3.93. The first-order chi connectivity index (χ1) is 7.29. The fraction of sp³-hybridized carbons (Fsp3) is 0.222. The van der Waals surface area contributed by atoms with Crippen LogP contribution in [-0.2, 0) is 6.18 Å². The molecule has 1 aromatic rings. The molecule has 0 aromatic heterocycles. The smallest absolute Gasteiger partial charge is 0.293 e. The second-order valence-electron chi connectivity index (χ2n) is 2.84. The van der Waals surface area contributed by atoms with Crippen molar-refractivity contribution in [1.82, 2.24) is 0 Å². The van der Waals surface area contributed by atoms with Crippen molar-refractivity contribution in [1.29, 1.82) is 0 Å². The minimum Gasteiger partial charge on any atom is -0.293 e. The molecule has 0 unspecified atom stereocenters. The standard InChI is InChI=1S/C9H4BrClF3IO/c10-3-6(16)4-1-2-5(11)7(8(4)15)9(12,13)14/h1-2H,3H2. The van der Waals surface area contributed by atoms with Gasteiger partial charge < -0.3 is 0 Å². The predicted octanol–water partition coefficient (Wildman–Crippen LogP) is 4.54. The average molecular weight is 427 g/mol. The molecule has 0 atom stereocenters. The molecule has 1 nitrogen and oxygen atoms in total. The third kappa shape index (κ3) is 2.89. The topological polar surface area (TPSA) is 17.1 Å². The zero-order chi connectivity index (χ0) is 12.5. The van der Waals surface area contributed by atoms with Crippen LogP contribution in [0.1, 0.15) is 15.9 Å². The van der Waals surface area contributed by atoms with Crippen molar-refractivity contribution >= 4 is 55.9 Å². The highest BCUT2D eigenvalue weighted by molar-refractivity contribution is 14.1. The lowest BCUT2D eigenvalue weighted by atomic mass is 10.1. The van der Waals surface area contributed by atoms with Crippen molar-refractivity contribution in [3.8, 4) is 0 Å². The normalized spacial score (nSPS) is 11.6. The maximum absolute atomic E-state index is 12.6. The predicted molar refractivity (Wildman–Crippen MR) is 67.3 cm³/mol. The number of ketones is 1. The Balaban J connectivity index is 3.45. The summed E-state index contributed by atoms with van der Waals surface area (Å²) in [5.41, 5.74) is -0.934. The van der Waals surface area contributed by atoms with Crippen LogP contribution >= 0.6 is 50.1 Å². The Morgan fingerprint density at radius 1 is 1.44 bits per heavy atom.